The van der Waals surface area contributed by atoms with Crippen LogP contribution in [0.2, 0.25) is 0 Å². The molecule has 0 aliphatic rings. The Labute approximate surface area is 113 Å². The minimum absolute atomic E-state index is 0.0140. The maximum atomic E-state index is 11.7. The van der Waals surface area contributed by atoms with Gasteiger partial charge in [0.15, 0.2) is 0 Å². The molecule has 1 N–H and O–H groups in total. The zero-order valence-corrected chi connectivity index (χ0v) is 11.6. The summed E-state index contributed by atoms with van der Waals surface area (Å²) < 4.78 is 1.13. The molecule has 0 spiro atoms. The summed E-state index contributed by atoms with van der Waals surface area (Å²) in [6.07, 6.45) is 0.862. The van der Waals surface area contributed by atoms with E-state index in [0.29, 0.717) is 12.1 Å². The fourth-order valence-electron chi connectivity index (χ4n) is 1.49. The first-order valence-corrected chi connectivity index (χ1v) is 6.99. The average Bonchev–Trinajstić information content (AvgIpc) is 2.76. The van der Waals surface area contributed by atoms with Gasteiger partial charge in [0, 0.05) is 12.1 Å². The molecule has 1 heterocycles. The molecule has 0 unspecified atom stereocenters. The van der Waals surface area contributed by atoms with Gasteiger partial charge in [-0.1, -0.05) is 18.2 Å². The fourth-order valence-corrected chi connectivity index (χ4v) is 2.73. The van der Waals surface area contributed by atoms with E-state index in [1.807, 2.05) is 30.3 Å². The first-order chi connectivity index (χ1) is 8.25. The lowest BCUT2D eigenvalue weighted by Crippen LogP contribution is -2.25. The molecule has 1 amide bonds. The van der Waals surface area contributed by atoms with Gasteiger partial charge in [-0.15, -0.1) is 11.3 Å². The highest BCUT2D eigenvalue weighted by atomic mass is 79.9. The molecular formula is C13H12BrNOS. The van der Waals surface area contributed by atoms with Gasteiger partial charge in [0.1, 0.15) is 0 Å². The van der Waals surface area contributed by atoms with E-state index in [0.717, 1.165) is 10.2 Å². The van der Waals surface area contributed by atoms with Crippen molar-refractivity contribution in [3.05, 3.63) is 56.7 Å². The number of nitrogens with one attached hydrogen (secondary N) is 1. The highest BCUT2D eigenvalue weighted by molar-refractivity contribution is 9.11. The quantitative estimate of drug-likeness (QED) is 0.920. The second kappa shape index (κ2) is 5.98. The van der Waals surface area contributed by atoms with Crippen LogP contribution >= 0.6 is 27.3 Å². The number of hydrogen-bond donors (Lipinski definition) is 1. The van der Waals surface area contributed by atoms with Crippen molar-refractivity contribution >= 4 is 33.2 Å². The summed E-state index contributed by atoms with van der Waals surface area (Å²) in [5.74, 6) is -0.0140. The van der Waals surface area contributed by atoms with E-state index in [4.69, 9.17) is 0 Å². The maximum Gasteiger partial charge on any atom is 0.251 e. The average molecular weight is 310 g/mol. The Hall–Kier alpha value is -1.13. The van der Waals surface area contributed by atoms with Crippen molar-refractivity contribution in [2.24, 2.45) is 0 Å². The van der Waals surface area contributed by atoms with Gasteiger partial charge in [0.25, 0.3) is 5.91 Å². The van der Waals surface area contributed by atoms with Gasteiger partial charge in [0.05, 0.1) is 3.79 Å². The van der Waals surface area contributed by atoms with Crippen molar-refractivity contribution in [2.45, 2.75) is 6.42 Å². The molecule has 2 aromatic rings. The van der Waals surface area contributed by atoms with Crippen LogP contribution in [0.3, 0.4) is 0 Å². The Morgan fingerprint density at radius 3 is 2.71 bits per heavy atom. The van der Waals surface area contributed by atoms with Gasteiger partial charge in [-0.3, -0.25) is 4.79 Å². The zero-order chi connectivity index (χ0) is 12.1. The Morgan fingerprint density at radius 1 is 1.29 bits per heavy atom. The lowest BCUT2D eigenvalue weighted by atomic mass is 10.2. The van der Waals surface area contributed by atoms with Crippen LogP contribution < -0.4 is 5.32 Å². The monoisotopic (exact) mass is 309 g/mol. The molecule has 0 aliphatic carbocycles. The molecule has 88 valence electrons. The van der Waals surface area contributed by atoms with E-state index in [1.54, 1.807) is 11.3 Å². The van der Waals surface area contributed by atoms with Crippen LogP contribution in [0.4, 0.5) is 0 Å². The van der Waals surface area contributed by atoms with E-state index in [1.165, 1.54) is 5.56 Å². The highest BCUT2D eigenvalue weighted by Crippen LogP contribution is 2.20. The molecule has 1 aromatic carbocycles. The van der Waals surface area contributed by atoms with Gasteiger partial charge < -0.3 is 5.32 Å². The van der Waals surface area contributed by atoms with Gasteiger partial charge in [-0.2, -0.15) is 0 Å². The fraction of sp³-hybridized carbons (Fsp3) is 0.154. The number of rotatable bonds is 4. The molecule has 1 aromatic heterocycles. The molecular weight excluding hydrogens is 298 g/mol. The summed E-state index contributed by atoms with van der Waals surface area (Å²) in [5.41, 5.74) is 1.95. The van der Waals surface area contributed by atoms with Crippen LogP contribution in [0.25, 0.3) is 0 Å². The Bertz CT molecular complexity index is 495. The van der Waals surface area contributed by atoms with E-state index in [9.17, 15) is 4.79 Å². The second-order valence-corrected chi connectivity index (χ2v) is 5.92. The standard InChI is InChI=1S/C13H12BrNOS/c14-12-8-10(9-17-12)6-7-15-13(16)11-4-2-1-3-5-11/h1-5,8-9H,6-7H2,(H,15,16). The molecule has 2 nitrogen and oxygen atoms in total. The topological polar surface area (TPSA) is 29.1 Å². The van der Waals surface area contributed by atoms with Crippen molar-refractivity contribution in [3.63, 3.8) is 0 Å². The van der Waals surface area contributed by atoms with Crippen molar-refractivity contribution in [3.8, 4) is 0 Å². The predicted molar refractivity (Wildman–Crippen MR) is 74.5 cm³/mol. The molecule has 0 atom stereocenters. The predicted octanol–water partition coefficient (Wildman–Crippen LogP) is 3.48. The summed E-state index contributed by atoms with van der Waals surface area (Å²) in [6.45, 7) is 0.664. The lowest BCUT2D eigenvalue weighted by molar-refractivity contribution is 0.0954. The lowest BCUT2D eigenvalue weighted by Gasteiger charge is -2.03. The van der Waals surface area contributed by atoms with Gasteiger partial charge in [-0.25, -0.2) is 0 Å². The summed E-state index contributed by atoms with van der Waals surface area (Å²) >= 11 is 5.08. The number of amides is 1. The van der Waals surface area contributed by atoms with Gasteiger partial charge in [-0.05, 0) is 51.5 Å². The third-order valence-corrected chi connectivity index (χ3v) is 3.91. The molecule has 0 bridgehead atoms. The molecule has 0 aliphatic heterocycles. The summed E-state index contributed by atoms with van der Waals surface area (Å²) in [6, 6.07) is 11.3. The molecule has 4 heteroatoms. The summed E-state index contributed by atoms with van der Waals surface area (Å²) in [7, 11) is 0. The van der Waals surface area contributed by atoms with Gasteiger partial charge >= 0.3 is 0 Å². The van der Waals surface area contributed by atoms with E-state index < -0.39 is 0 Å². The Balaban J connectivity index is 1.81. The van der Waals surface area contributed by atoms with E-state index in [-0.39, 0.29) is 5.91 Å². The largest absolute Gasteiger partial charge is 0.352 e. The van der Waals surface area contributed by atoms with Crippen molar-refractivity contribution in [1.29, 1.82) is 0 Å². The summed E-state index contributed by atoms with van der Waals surface area (Å²) in [4.78, 5) is 11.7. The van der Waals surface area contributed by atoms with E-state index in [2.05, 4.69) is 32.7 Å². The highest BCUT2D eigenvalue weighted by Gasteiger charge is 2.03. The Morgan fingerprint density at radius 2 is 2.06 bits per heavy atom. The van der Waals surface area contributed by atoms with Crippen LogP contribution in [0.15, 0.2) is 45.6 Å². The number of halogens is 1. The van der Waals surface area contributed by atoms with E-state index >= 15 is 0 Å². The summed E-state index contributed by atoms with van der Waals surface area (Å²) in [5, 5.41) is 5.00. The molecule has 0 saturated heterocycles. The van der Waals surface area contributed by atoms with Crippen LogP contribution in [0.5, 0.6) is 0 Å². The molecule has 0 saturated carbocycles. The van der Waals surface area contributed by atoms with Crippen molar-refractivity contribution in [1.82, 2.24) is 5.32 Å². The number of thiophene rings is 1. The minimum Gasteiger partial charge on any atom is -0.352 e. The maximum absolute atomic E-state index is 11.7. The molecule has 0 fully saturated rings. The minimum atomic E-state index is -0.0140. The zero-order valence-electron chi connectivity index (χ0n) is 9.15. The van der Waals surface area contributed by atoms with Crippen molar-refractivity contribution < 1.29 is 4.79 Å². The van der Waals surface area contributed by atoms with Crippen LogP contribution in [0.1, 0.15) is 15.9 Å². The Kier molecular flexibility index (Phi) is 4.34. The molecule has 2 rings (SSSR count). The van der Waals surface area contributed by atoms with Crippen LogP contribution in [-0.2, 0) is 6.42 Å². The first kappa shape index (κ1) is 12.3. The third-order valence-electron chi connectivity index (χ3n) is 2.36. The third kappa shape index (κ3) is 3.68. The van der Waals surface area contributed by atoms with Gasteiger partial charge in [0.2, 0.25) is 0 Å². The first-order valence-electron chi connectivity index (χ1n) is 5.32. The number of carbonyl (C=O) groups excluding carboxylic acids is 1. The second-order valence-electron chi connectivity index (χ2n) is 3.63. The smallest absolute Gasteiger partial charge is 0.251 e. The van der Waals surface area contributed by atoms with Crippen LogP contribution in [-0.4, -0.2) is 12.5 Å². The SMILES string of the molecule is O=C(NCCc1csc(Br)c1)c1ccccc1. The normalized spacial score (nSPS) is 10.2. The number of hydrogen-bond acceptors (Lipinski definition) is 2. The number of benzene rings is 1. The van der Waals surface area contributed by atoms with Crippen LogP contribution in [0, 0.1) is 0 Å². The molecule has 17 heavy (non-hydrogen) atoms. The molecule has 0 radical (unpaired) electrons. The number of carbonyl (C=O) groups is 1. The van der Waals surface area contributed by atoms with Crippen molar-refractivity contribution in [2.75, 3.05) is 6.54 Å².